The Balaban J connectivity index is 1.26. The first-order chi connectivity index (χ1) is 21.2. The minimum atomic E-state index is -0.526. The fraction of sp³-hybridized carbons (Fsp3) is 0.324. The van der Waals surface area contributed by atoms with Crippen LogP contribution in [0.5, 0.6) is 0 Å². The Morgan fingerprint density at radius 2 is 1.95 bits per heavy atom. The number of anilines is 3. The van der Waals surface area contributed by atoms with Gasteiger partial charge < -0.3 is 20.5 Å². The zero-order chi connectivity index (χ0) is 31.0. The van der Waals surface area contributed by atoms with E-state index in [0.29, 0.717) is 21.7 Å². The molecule has 2 aromatic heterocycles. The molecule has 3 heterocycles. The van der Waals surface area contributed by atoms with Gasteiger partial charge in [-0.1, -0.05) is 25.6 Å². The zero-order valence-corrected chi connectivity index (χ0v) is 26.1. The molecule has 8 nitrogen and oxygen atoms in total. The summed E-state index contributed by atoms with van der Waals surface area (Å²) < 4.78 is 16.5. The summed E-state index contributed by atoms with van der Waals surface area (Å²) in [5.41, 5.74) is 5.47. The number of carbonyl (C=O) groups excluding carboxylic acids is 1. The third-order valence-electron chi connectivity index (χ3n) is 8.56. The Morgan fingerprint density at radius 3 is 2.70 bits per heavy atom. The maximum Gasteiger partial charge on any atom is 0.293 e. The predicted molar refractivity (Wildman–Crippen MR) is 175 cm³/mol. The summed E-state index contributed by atoms with van der Waals surface area (Å²) in [5.74, 6) is -0.700. The Hall–Kier alpha value is -4.28. The quantitative estimate of drug-likeness (QED) is 0.227. The predicted octanol–water partition coefficient (Wildman–Crippen LogP) is 6.31. The molecule has 4 aromatic rings. The molecule has 2 aromatic carbocycles. The van der Waals surface area contributed by atoms with Crippen molar-refractivity contribution in [1.82, 2.24) is 19.8 Å². The second-order valence-corrected chi connectivity index (χ2v) is 12.6. The van der Waals surface area contributed by atoms with Gasteiger partial charge in [-0.2, -0.15) is 0 Å². The summed E-state index contributed by atoms with van der Waals surface area (Å²) in [6.45, 7) is 10.9. The molecule has 1 aliphatic heterocycles. The van der Waals surface area contributed by atoms with E-state index in [9.17, 15) is 9.59 Å². The molecule has 0 spiro atoms. The maximum absolute atomic E-state index is 15.1. The summed E-state index contributed by atoms with van der Waals surface area (Å²) in [7, 11) is 1.66. The van der Waals surface area contributed by atoms with Crippen LogP contribution in [0.2, 0.25) is 0 Å². The molecular weight excluding hydrogens is 575 g/mol. The average molecular weight is 613 g/mol. The molecule has 10 heteroatoms. The van der Waals surface area contributed by atoms with Gasteiger partial charge in [0.05, 0.1) is 22.3 Å². The number of piperazine rings is 1. The Kier molecular flexibility index (Phi) is 8.38. The second kappa shape index (κ2) is 12.4. The molecule has 0 saturated carbocycles. The standard InChI is InChI=1S/C34H37FN6O2S/c1-5-41-17-16-36-21(3)31(41)22-10-12-24(13-11-22)37-32-34(43)40(4)19-27(38-32)25-14-15-26(35)30(20(25)2)39-33(42)29-18-23-8-6-7-9-28(23)44-29/h10-15,18-19,31,36H,3,5-9,16-17H2,1-2,4H3,(H,37,38)(H,39,42). The minimum Gasteiger partial charge on any atom is -0.386 e. The van der Waals surface area contributed by atoms with E-state index in [2.05, 4.69) is 39.3 Å². The highest BCUT2D eigenvalue weighted by Crippen LogP contribution is 2.34. The van der Waals surface area contributed by atoms with E-state index < -0.39 is 5.82 Å². The second-order valence-electron chi connectivity index (χ2n) is 11.4. The molecule has 44 heavy (non-hydrogen) atoms. The molecule has 1 amide bonds. The molecule has 3 N–H and O–H groups in total. The number of likely N-dealkylation sites (N-methyl/N-ethyl adjacent to an activating group) is 1. The van der Waals surface area contributed by atoms with Crippen LogP contribution >= 0.6 is 11.3 Å². The van der Waals surface area contributed by atoms with Gasteiger partial charge in [-0.25, -0.2) is 9.37 Å². The lowest BCUT2D eigenvalue weighted by molar-refractivity contribution is 0.103. The number of benzene rings is 2. The van der Waals surface area contributed by atoms with Gasteiger partial charge >= 0.3 is 0 Å². The van der Waals surface area contributed by atoms with Crippen LogP contribution in [-0.4, -0.2) is 40.0 Å². The van der Waals surface area contributed by atoms with Gasteiger partial charge in [-0.15, -0.1) is 11.3 Å². The van der Waals surface area contributed by atoms with E-state index in [0.717, 1.165) is 62.3 Å². The largest absolute Gasteiger partial charge is 0.386 e. The molecule has 0 radical (unpaired) electrons. The number of hydrogen-bond acceptors (Lipinski definition) is 7. The van der Waals surface area contributed by atoms with Crippen molar-refractivity contribution in [1.29, 1.82) is 0 Å². The lowest BCUT2D eigenvalue weighted by Crippen LogP contribution is -2.43. The fourth-order valence-corrected chi connectivity index (χ4v) is 7.30. The number of nitrogens with one attached hydrogen (secondary N) is 3. The van der Waals surface area contributed by atoms with Crippen LogP contribution in [-0.2, 0) is 19.9 Å². The highest BCUT2D eigenvalue weighted by atomic mass is 32.1. The van der Waals surface area contributed by atoms with Gasteiger partial charge in [0.25, 0.3) is 11.5 Å². The van der Waals surface area contributed by atoms with Crippen LogP contribution in [0, 0.1) is 12.7 Å². The molecule has 6 rings (SSSR count). The van der Waals surface area contributed by atoms with Crippen LogP contribution in [0.3, 0.4) is 0 Å². The topological polar surface area (TPSA) is 91.3 Å². The van der Waals surface area contributed by atoms with Crippen LogP contribution in [0.15, 0.2) is 65.7 Å². The van der Waals surface area contributed by atoms with Crippen molar-refractivity contribution in [2.24, 2.45) is 7.05 Å². The number of thiophene rings is 1. The molecule has 1 saturated heterocycles. The van der Waals surface area contributed by atoms with Crippen molar-refractivity contribution in [3.05, 3.63) is 104 Å². The van der Waals surface area contributed by atoms with E-state index in [4.69, 9.17) is 0 Å². The number of halogens is 1. The summed E-state index contributed by atoms with van der Waals surface area (Å²) >= 11 is 1.49. The van der Waals surface area contributed by atoms with E-state index in [1.165, 1.54) is 32.4 Å². The summed E-state index contributed by atoms with van der Waals surface area (Å²) in [5, 5.41) is 9.36. The first-order valence-electron chi connectivity index (χ1n) is 15.1. The third kappa shape index (κ3) is 5.79. The van der Waals surface area contributed by atoms with Gasteiger partial charge in [0.2, 0.25) is 0 Å². The lowest BCUT2D eigenvalue weighted by Gasteiger charge is -2.37. The number of carbonyl (C=O) groups is 1. The average Bonchev–Trinajstić information content (AvgIpc) is 3.46. The molecule has 1 atom stereocenters. The zero-order valence-electron chi connectivity index (χ0n) is 25.3. The van der Waals surface area contributed by atoms with Gasteiger partial charge in [0.1, 0.15) is 5.82 Å². The SMILES string of the molecule is C=C1NCCN(CC)C1c1ccc(Nc2nc(-c3ccc(F)c(NC(=O)c4cc5c(s4)CCCC5)c3C)cn(C)c2=O)cc1. The molecule has 0 bridgehead atoms. The number of hydrogen-bond donors (Lipinski definition) is 3. The Labute approximate surface area is 260 Å². The van der Waals surface area contributed by atoms with Crippen molar-refractivity contribution in [3.8, 4) is 11.3 Å². The minimum absolute atomic E-state index is 0.0819. The van der Waals surface area contributed by atoms with E-state index >= 15 is 4.39 Å². The van der Waals surface area contributed by atoms with Crippen LogP contribution < -0.4 is 21.5 Å². The summed E-state index contributed by atoms with van der Waals surface area (Å²) in [6, 6.07) is 12.9. The fourth-order valence-electron chi connectivity index (χ4n) is 6.15. The van der Waals surface area contributed by atoms with Gasteiger partial charge in [-0.3, -0.25) is 14.5 Å². The number of aryl methyl sites for hydroxylation is 3. The number of aromatic nitrogens is 2. The number of nitrogens with zero attached hydrogens (tertiary/aromatic N) is 3. The van der Waals surface area contributed by atoms with Crippen molar-refractivity contribution >= 4 is 34.4 Å². The molecule has 2 aliphatic rings. The van der Waals surface area contributed by atoms with Crippen molar-refractivity contribution < 1.29 is 9.18 Å². The maximum atomic E-state index is 15.1. The van der Waals surface area contributed by atoms with Gasteiger partial charge in [-0.05, 0) is 86.2 Å². The van der Waals surface area contributed by atoms with Crippen LogP contribution in [0.25, 0.3) is 11.3 Å². The normalized spacial score (nSPS) is 16.7. The van der Waals surface area contributed by atoms with Crippen molar-refractivity contribution in [3.63, 3.8) is 0 Å². The lowest BCUT2D eigenvalue weighted by atomic mass is 9.99. The van der Waals surface area contributed by atoms with Crippen LogP contribution in [0.1, 0.15) is 57.0 Å². The number of amides is 1. The van der Waals surface area contributed by atoms with Crippen molar-refractivity contribution in [2.75, 3.05) is 30.3 Å². The highest BCUT2D eigenvalue weighted by Gasteiger charge is 2.26. The number of fused-ring (bicyclic) bond motifs is 1. The third-order valence-corrected chi connectivity index (χ3v) is 9.80. The van der Waals surface area contributed by atoms with E-state index in [-0.39, 0.29) is 29.0 Å². The molecular formula is C34H37FN6O2S. The van der Waals surface area contributed by atoms with Crippen molar-refractivity contribution in [2.45, 2.75) is 45.6 Å². The highest BCUT2D eigenvalue weighted by molar-refractivity contribution is 7.14. The van der Waals surface area contributed by atoms with E-state index in [1.54, 1.807) is 26.2 Å². The summed E-state index contributed by atoms with van der Waals surface area (Å²) in [4.78, 5) is 35.1. The van der Waals surface area contributed by atoms with Gasteiger partial charge in [0, 0.05) is 48.2 Å². The summed E-state index contributed by atoms with van der Waals surface area (Å²) in [6.07, 6.45) is 5.84. The Morgan fingerprint density at radius 1 is 1.18 bits per heavy atom. The Bertz CT molecular complexity index is 1770. The first kappa shape index (κ1) is 29.8. The first-order valence-corrected chi connectivity index (χ1v) is 15.9. The van der Waals surface area contributed by atoms with Crippen LogP contribution in [0.4, 0.5) is 21.6 Å². The molecule has 1 fully saturated rings. The monoisotopic (exact) mass is 612 g/mol. The molecule has 1 aliphatic carbocycles. The molecule has 1 unspecified atom stereocenters. The van der Waals surface area contributed by atoms with E-state index in [1.807, 2.05) is 30.3 Å². The van der Waals surface area contributed by atoms with Gasteiger partial charge in [0.15, 0.2) is 5.82 Å². The smallest absolute Gasteiger partial charge is 0.293 e. The number of rotatable bonds is 7. The molecule has 228 valence electrons.